The third-order valence-electron chi connectivity index (χ3n) is 7.37. The molecule has 2 aliphatic rings. The molecule has 0 radical (unpaired) electrons. The van der Waals surface area contributed by atoms with Crippen LogP contribution in [0.1, 0.15) is 69.9 Å². The van der Waals surface area contributed by atoms with Crippen LogP contribution in [0.15, 0.2) is 48.5 Å². The number of aliphatic carboxylic acids is 1. The Morgan fingerprint density at radius 2 is 1.62 bits per heavy atom. The molecule has 3 N–H and O–H groups in total. The third kappa shape index (κ3) is 6.71. The smallest absolute Gasteiger partial charge is 0.409 e. The van der Waals surface area contributed by atoms with Crippen molar-refractivity contribution in [1.29, 1.82) is 0 Å². The zero-order chi connectivity index (χ0) is 28.2. The van der Waals surface area contributed by atoms with Crippen molar-refractivity contribution in [3.8, 4) is 11.1 Å². The molecule has 2 unspecified atom stereocenters. The summed E-state index contributed by atoms with van der Waals surface area (Å²) in [4.78, 5) is 39.7. The maximum Gasteiger partial charge on any atom is 0.409 e. The molecule has 0 bridgehead atoms. The van der Waals surface area contributed by atoms with E-state index in [0.29, 0.717) is 19.3 Å². The first-order valence-corrected chi connectivity index (χ1v) is 13.5. The van der Waals surface area contributed by atoms with Gasteiger partial charge in [-0.1, -0.05) is 61.4 Å². The fraction of sp³-hybridized carbons (Fsp3) is 0.500. The van der Waals surface area contributed by atoms with Gasteiger partial charge in [-0.2, -0.15) is 0 Å². The number of aliphatic hydroxyl groups excluding tert-OH is 1. The van der Waals surface area contributed by atoms with E-state index in [1.165, 1.54) is 4.90 Å². The summed E-state index contributed by atoms with van der Waals surface area (Å²) in [6, 6.07) is 16.1. The number of benzene rings is 2. The van der Waals surface area contributed by atoms with Gasteiger partial charge in [-0.25, -0.2) is 14.4 Å². The molecular formula is C30H38N2O7. The Labute approximate surface area is 229 Å². The van der Waals surface area contributed by atoms with Crippen molar-refractivity contribution in [1.82, 2.24) is 10.2 Å². The number of aliphatic hydroxyl groups is 1. The van der Waals surface area contributed by atoms with Gasteiger partial charge >= 0.3 is 18.2 Å². The van der Waals surface area contributed by atoms with Gasteiger partial charge < -0.3 is 29.9 Å². The van der Waals surface area contributed by atoms with Gasteiger partial charge in [-0.05, 0) is 62.3 Å². The zero-order valence-electron chi connectivity index (χ0n) is 22.8. The van der Waals surface area contributed by atoms with E-state index < -0.39 is 35.4 Å². The molecule has 1 aliphatic heterocycles. The summed E-state index contributed by atoms with van der Waals surface area (Å²) in [7, 11) is 0. The van der Waals surface area contributed by atoms with Gasteiger partial charge in [0, 0.05) is 19.0 Å². The molecule has 0 spiro atoms. The normalized spacial score (nSPS) is 21.8. The minimum Gasteiger partial charge on any atom is -0.480 e. The van der Waals surface area contributed by atoms with Crippen molar-refractivity contribution in [2.75, 3.05) is 19.7 Å². The van der Waals surface area contributed by atoms with Crippen molar-refractivity contribution in [2.45, 2.75) is 76.0 Å². The van der Waals surface area contributed by atoms with Crippen LogP contribution in [0.4, 0.5) is 9.59 Å². The molecule has 0 aromatic heterocycles. The number of hydrogen-bond donors (Lipinski definition) is 3. The highest BCUT2D eigenvalue weighted by Crippen LogP contribution is 2.44. The molecule has 0 saturated carbocycles. The molecule has 2 aromatic rings. The van der Waals surface area contributed by atoms with Gasteiger partial charge in [0.25, 0.3) is 0 Å². The third-order valence-corrected chi connectivity index (χ3v) is 7.37. The van der Waals surface area contributed by atoms with Crippen LogP contribution in [0, 0.1) is 0 Å². The van der Waals surface area contributed by atoms with Crippen molar-refractivity contribution in [2.24, 2.45) is 0 Å². The van der Waals surface area contributed by atoms with Crippen molar-refractivity contribution >= 4 is 18.2 Å². The standard InChI is InChI=1S/C30H38N2O7/c1-29(2,3)39-27(36)31-30(26(34)35)15-9-8-10-20(33)18-32(17-16-30)28(37)38-19-25-23-13-6-4-11-21(23)22-12-5-7-14-24(22)25/h4-7,11-14,20,25,33H,8-10,15-19H2,1-3H3,(H,31,36)(H,34,35). The Balaban J connectivity index is 1.49. The van der Waals surface area contributed by atoms with Gasteiger partial charge in [0.15, 0.2) is 0 Å². The molecule has 1 saturated heterocycles. The van der Waals surface area contributed by atoms with E-state index in [1.807, 2.05) is 36.4 Å². The number of carboxylic acids is 1. The summed E-state index contributed by atoms with van der Waals surface area (Å²) in [5.41, 5.74) is 1.98. The topological polar surface area (TPSA) is 125 Å². The first-order valence-electron chi connectivity index (χ1n) is 13.5. The first-order chi connectivity index (χ1) is 18.5. The highest BCUT2D eigenvalue weighted by molar-refractivity contribution is 5.84. The Bertz CT molecular complexity index is 1160. The number of ether oxygens (including phenoxy) is 2. The average molecular weight is 539 g/mol. The highest BCUT2D eigenvalue weighted by atomic mass is 16.6. The Morgan fingerprint density at radius 1 is 1.00 bits per heavy atom. The molecule has 9 heteroatoms. The van der Waals surface area contributed by atoms with E-state index in [-0.39, 0.29) is 38.5 Å². The highest BCUT2D eigenvalue weighted by Gasteiger charge is 2.42. The number of hydrogen-bond acceptors (Lipinski definition) is 6. The predicted molar refractivity (Wildman–Crippen MR) is 145 cm³/mol. The monoisotopic (exact) mass is 538 g/mol. The number of nitrogens with zero attached hydrogens (tertiary/aromatic N) is 1. The number of fused-ring (bicyclic) bond motifs is 3. The molecule has 2 amide bonds. The van der Waals surface area contributed by atoms with E-state index in [2.05, 4.69) is 17.4 Å². The molecule has 1 heterocycles. The molecule has 2 aromatic carbocycles. The number of rotatable bonds is 4. The Morgan fingerprint density at radius 3 is 2.21 bits per heavy atom. The van der Waals surface area contributed by atoms with Crippen LogP contribution < -0.4 is 5.32 Å². The van der Waals surface area contributed by atoms with E-state index in [9.17, 15) is 24.6 Å². The predicted octanol–water partition coefficient (Wildman–Crippen LogP) is 4.91. The number of β-amino-alcohol motifs (C(OH)–C–C–N with tert-alkyl or cyclic N) is 1. The Hall–Kier alpha value is -3.59. The van der Waals surface area contributed by atoms with Crippen LogP contribution in [0.3, 0.4) is 0 Å². The number of alkyl carbamates (subject to hydrolysis) is 1. The second-order valence-electron chi connectivity index (χ2n) is 11.4. The van der Waals surface area contributed by atoms with E-state index >= 15 is 0 Å². The van der Waals surface area contributed by atoms with E-state index in [1.54, 1.807) is 20.8 Å². The van der Waals surface area contributed by atoms with Crippen molar-refractivity contribution < 1.29 is 34.1 Å². The van der Waals surface area contributed by atoms with Crippen LogP contribution in [-0.4, -0.2) is 70.2 Å². The van der Waals surface area contributed by atoms with Crippen molar-refractivity contribution in [3.63, 3.8) is 0 Å². The number of nitrogens with one attached hydrogen (secondary N) is 1. The first kappa shape index (κ1) is 28.4. The van der Waals surface area contributed by atoms with Crippen LogP contribution >= 0.6 is 0 Å². The van der Waals surface area contributed by atoms with Gasteiger partial charge in [0.05, 0.1) is 6.10 Å². The lowest BCUT2D eigenvalue weighted by Gasteiger charge is -2.35. The summed E-state index contributed by atoms with van der Waals surface area (Å²) >= 11 is 0. The number of carboxylic acid groups (broad SMARTS) is 1. The van der Waals surface area contributed by atoms with Crippen LogP contribution in [0.2, 0.25) is 0 Å². The SMILES string of the molecule is CC(C)(C)OC(=O)NC1(C(=O)O)CCCCC(O)CN(C(=O)OCC2c3ccccc3-c3ccccc32)CC1. The second-order valence-corrected chi connectivity index (χ2v) is 11.4. The van der Waals surface area contributed by atoms with Crippen LogP contribution in [-0.2, 0) is 14.3 Å². The van der Waals surface area contributed by atoms with Gasteiger partial charge in [-0.3, -0.25) is 0 Å². The summed E-state index contributed by atoms with van der Waals surface area (Å²) in [6.45, 7) is 5.21. The molecule has 9 nitrogen and oxygen atoms in total. The molecule has 39 heavy (non-hydrogen) atoms. The number of amides is 2. The fourth-order valence-electron chi connectivity index (χ4n) is 5.44. The number of carbonyl (C=O) groups is 3. The molecular weight excluding hydrogens is 500 g/mol. The van der Waals surface area contributed by atoms with Crippen molar-refractivity contribution in [3.05, 3.63) is 59.7 Å². The zero-order valence-corrected chi connectivity index (χ0v) is 22.8. The minimum absolute atomic E-state index is 0.0127. The molecule has 1 aliphatic carbocycles. The summed E-state index contributed by atoms with van der Waals surface area (Å²) < 4.78 is 11.1. The van der Waals surface area contributed by atoms with Gasteiger partial charge in [-0.15, -0.1) is 0 Å². The summed E-state index contributed by atoms with van der Waals surface area (Å²) in [6.07, 6.45) is -0.695. The van der Waals surface area contributed by atoms with E-state index in [0.717, 1.165) is 22.3 Å². The molecule has 210 valence electrons. The van der Waals surface area contributed by atoms with Crippen LogP contribution in [0.25, 0.3) is 11.1 Å². The van der Waals surface area contributed by atoms with Gasteiger partial charge in [0.2, 0.25) is 0 Å². The second kappa shape index (κ2) is 11.7. The maximum absolute atomic E-state index is 13.3. The largest absolute Gasteiger partial charge is 0.480 e. The lowest BCUT2D eigenvalue weighted by Crippen LogP contribution is -2.57. The molecule has 1 fully saturated rings. The Kier molecular flexibility index (Phi) is 8.49. The number of carbonyl (C=O) groups excluding carboxylic acids is 2. The van der Waals surface area contributed by atoms with E-state index in [4.69, 9.17) is 9.47 Å². The fourth-order valence-corrected chi connectivity index (χ4v) is 5.44. The van der Waals surface area contributed by atoms with Crippen LogP contribution in [0.5, 0.6) is 0 Å². The maximum atomic E-state index is 13.3. The lowest BCUT2D eigenvalue weighted by atomic mass is 9.87. The molecule has 2 atom stereocenters. The minimum atomic E-state index is -1.62. The summed E-state index contributed by atoms with van der Waals surface area (Å²) in [5.74, 6) is -1.32. The summed E-state index contributed by atoms with van der Waals surface area (Å²) in [5, 5.41) is 23.3. The van der Waals surface area contributed by atoms with Gasteiger partial charge in [0.1, 0.15) is 17.7 Å². The lowest BCUT2D eigenvalue weighted by molar-refractivity contribution is -0.146. The average Bonchev–Trinajstić information content (AvgIpc) is 3.19. The quantitative estimate of drug-likeness (QED) is 0.505. The molecule has 4 rings (SSSR count).